The van der Waals surface area contributed by atoms with E-state index < -0.39 is 0 Å². The normalized spacial score (nSPS) is 19.4. The highest BCUT2D eigenvalue weighted by Gasteiger charge is 2.31. The van der Waals surface area contributed by atoms with Crippen LogP contribution in [0.1, 0.15) is 37.3 Å². The Morgan fingerprint density at radius 2 is 2.16 bits per heavy atom. The average Bonchev–Trinajstić information content (AvgIpc) is 3.41. The van der Waals surface area contributed by atoms with Gasteiger partial charge in [-0.3, -0.25) is 4.79 Å². The maximum Gasteiger partial charge on any atom is 0.223 e. The summed E-state index contributed by atoms with van der Waals surface area (Å²) < 4.78 is 7.40. The topological polar surface area (TPSA) is 85.2 Å². The molecule has 0 saturated heterocycles. The lowest BCUT2D eigenvalue weighted by Crippen LogP contribution is -2.38. The van der Waals surface area contributed by atoms with E-state index >= 15 is 0 Å². The van der Waals surface area contributed by atoms with E-state index in [1.807, 2.05) is 12.3 Å². The van der Waals surface area contributed by atoms with Crippen LogP contribution in [0.15, 0.2) is 18.6 Å². The molecular formula is C17H22N6O2. The number of anilines is 1. The molecule has 2 aromatic heterocycles. The number of nitrogens with one attached hydrogen (secondary N) is 1. The van der Waals surface area contributed by atoms with Crippen LogP contribution in [0.5, 0.6) is 5.88 Å². The van der Waals surface area contributed by atoms with Crippen LogP contribution >= 0.6 is 0 Å². The predicted octanol–water partition coefficient (Wildman–Crippen LogP) is 1.29. The largest absolute Gasteiger partial charge is 0.481 e. The SMILES string of the molecule is COc1cc(N2CCn3c(CNC(=O)C4CC4)cnc3C2C)ncn1. The predicted molar refractivity (Wildman–Crippen MR) is 91.1 cm³/mol. The van der Waals surface area contributed by atoms with Gasteiger partial charge in [0.15, 0.2) is 0 Å². The maximum atomic E-state index is 11.9. The highest BCUT2D eigenvalue weighted by Crippen LogP contribution is 2.31. The zero-order chi connectivity index (χ0) is 17.4. The van der Waals surface area contributed by atoms with Gasteiger partial charge in [0.25, 0.3) is 0 Å². The first-order chi connectivity index (χ1) is 12.2. The monoisotopic (exact) mass is 342 g/mol. The molecule has 25 heavy (non-hydrogen) atoms. The highest BCUT2D eigenvalue weighted by molar-refractivity contribution is 5.80. The van der Waals surface area contributed by atoms with E-state index in [1.54, 1.807) is 7.11 Å². The fourth-order valence-corrected chi connectivity index (χ4v) is 3.28. The van der Waals surface area contributed by atoms with Crippen molar-refractivity contribution >= 4 is 11.7 Å². The number of aromatic nitrogens is 4. The molecule has 2 aliphatic rings. The van der Waals surface area contributed by atoms with E-state index in [9.17, 15) is 4.79 Å². The standard InChI is InChI=1S/C17H22N6O2/c1-11-16-18-8-13(9-19-17(24)12-3-4-12)23(16)6-5-22(11)14-7-15(25-2)21-10-20-14/h7-8,10-12H,3-6,9H2,1-2H3,(H,19,24). The first-order valence-corrected chi connectivity index (χ1v) is 8.62. The molecule has 4 rings (SSSR count). The Labute approximate surface area is 146 Å². The molecule has 0 radical (unpaired) electrons. The second-order valence-corrected chi connectivity index (χ2v) is 6.54. The van der Waals surface area contributed by atoms with E-state index in [1.165, 1.54) is 6.33 Å². The van der Waals surface area contributed by atoms with Crippen LogP contribution in [-0.2, 0) is 17.9 Å². The number of hydrogen-bond donors (Lipinski definition) is 1. The third-order valence-electron chi connectivity index (χ3n) is 4.90. The number of fused-ring (bicyclic) bond motifs is 1. The van der Waals surface area contributed by atoms with Crippen LogP contribution < -0.4 is 15.0 Å². The average molecular weight is 342 g/mol. The molecule has 1 aliphatic carbocycles. The van der Waals surface area contributed by atoms with E-state index in [0.29, 0.717) is 12.4 Å². The fraction of sp³-hybridized carbons (Fsp3) is 0.529. The van der Waals surface area contributed by atoms with Crippen LogP contribution in [0, 0.1) is 5.92 Å². The molecular weight excluding hydrogens is 320 g/mol. The summed E-state index contributed by atoms with van der Waals surface area (Å²) in [5, 5.41) is 3.02. The molecule has 132 valence electrons. The number of amides is 1. The van der Waals surface area contributed by atoms with Crippen molar-refractivity contribution in [3.05, 3.63) is 30.1 Å². The molecule has 2 aromatic rings. The Morgan fingerprint density at radius 1 is 1.32 bits per heavy atom. The molecule has 1 N–H and O–H groups in total. The highest BCUT2D eigenvalue weighted by atomic mass is 16.5. The van der Waals surface area contributed by atoms with Crippen molar-refractivity contribution in [1.29, 1.82) is 0 Å². The van der Waals surface area contributed by atoms with Crippen LogP contribution in [0.3, 0.4) is 0 Å². The molecule has 8 heteroatoms. The Morgan fingerprint density at radius 3 is 2.92 bits per heavy atom. The molecule has 1 atom stereocenters. The van der Waals surface area contributed by atoms with Crippen molar-refractivity contribution in [2.75, 3.05) is 18.6 Å². The van der Waals surface area contributed by atoms with Crippen molar-refractivity contribution in [3.63, 3.8) is 0 Å². The second kappa shape index (κ2) is 6.34. The van der Waals surface area contributed by atoms with Crippen molar-refractivity contribution in [1.82, 2.24) is 24.8 Å². The van der Waals surface area contributed by atoms with Gasteiger partial charge in [0.2, 0.25) is 11.8 Å². The van der Waals surface area contributed by atoms with Crippen LogP contribution in [0.2, 0.25) is 0 Å². The summed E-state index contributed by atoms with van der Waals surface area (Å²) in [5.41, 5.74) is 1.05. The lowest BCUT2D eigenvalue weighted by Gasteiger charge is -2.35. The van der Waals surface area contributed by atoms with E-state index in [0.717, 1.165) is 43.3 Å². The molecule has 0 spiro atoms. The number of ether oxygens (including phenoxy) is 1. The molecule has 1 amide bonds. The van der Waals surface area contributed by atoms with Gasteiger partial charge < -0.3 is 19.5 Å². The number of carbonyl (C=O) groups excluding carboxylic acids is 1. The number of rotatable bonds is 5. The molecule has 1 unspecified atom stereocenters. The van der Waals surface area contributed by atoms with Gasteiger partial charge in [-0.15, -0.1) is 0 Å². The summed E-state index contributed by atoms with van der Waals surface area (Å²) >= 11 is 0. The van der Waals surface area contributed by atoms with Gasteiger partial charge in [-0.05, 0) is 19.8 Å². The minimum absolute atomic E-state index is 0.0845. The number of methoxy groups -OCH3 is 1. The molecule has 1 fully saturated rings. The summed E-state index contributed by atoms with van der Waals surface area (Å²) in [7, 11) is 1.60. The van der Waals surface area contributed by atoms with Gasteiger partial charge >= 0.3 is 0 Å². The molecule has 0 bridgehead atoms. The molecule has 1 saturated carbocycles. The lowest BCUT2D eigenvalue weighted by molar-refractivity contribution is -0.122. The summed E-state index contributed by atoms with van der Waals surface area (Å²) in [6, 6.07) is 1.92. The van der Waals surface area contributed by atoms with Gasteiger partial charge in [0, 0.05) is 25.1 Å². The van der Waals surface area contributed by atoms with Crippen molar-refractivity contribution in [3.8, 4) is 5.88 Å². The molecule has 3 heterocycles. The Hall–Kier alpha value is -2.64. The van der Waals surface area contributed by atoms with Crippen molar-refractivity contribution in [2.24, 2.45) is 5.92 Å². The lowest BCUT2D eigenvalue weighted by atomic mass is 10.2. The van der Waals surface area contributed by atoms with Gasteiger partial charge in [0.05, 0.1) is 31.6 Å². The smallest absolute Gasteiger partial charge is 0.223 e. The van der Waals surface area contributed by atoms with Gasteiger partial charge in [0.1, 0.15) is 18.0 Å². The van der Waals surface area contributed by atoms with E-state index in [4.69, 9.17) is 4.74 Å². The zero-order valence-electron chi connectivity index (χ0n) is 14.5. The number of imidazole rings is 1. The quantitative estimate of drug-likeness (QED) is 0.881. The van der Waals surface area contributed by atoms with Crippen LogP contribution in [0.25, 0.3) is 0 Å². The maximum absolute atomic E-state index is 11.9. The Balaban J connectivity index is 1.50. The molecule has 1 aliphatic heterocycles. The summed E-state index contributed by atoms with van der Waals surface area (Å²) in [6.45, 7) is 4.27. The second-order valence-electron chi connectivity index (χ2n) is 6.54. The Bertz CT molecular complexity index is 785. The third kappa shape index (κ3) is 3.04. The van der Waals surface area contributed by atoms with Crippen LogP contribution in [-0.4, -0.2) is 39.1 Å². The van der Waals surface area contributed by atoms with E-state index in [2.05, 4.69) is 36.7 Å². The Kier molecular flexibility index (Phi) is 4.03. The number of carbonyl (C=O) groups is 1. The summed E-state index contributed by atoms with van der Waals surface area (Å²) in [6.07, 6.45) is 5.42. The van der Waals surface area contributed by atoms with Gasteiger partial charge in [-0.1, -0.05) is 0 Å². The van der Waals surface area contributed by atoms with Gasteiger partial charge in [-0.2, -0.15) is 0 Å². The number of nitrogens with zero attached hydrogens (tertiary/aromatic N) is 5. The molecule has 8 nitrogen and oxygen atoms in total. The molecule has 0 aromatic carbocycles. The fourth-order valence-electron chi connectivity index (χ4n) is 3.28. The first kappa shape index (κ1) is 15.9. The summed E-state index contributed by atoms with van der Waals surface area (Å²) in [4.78, 5) is 27.1. The zero-order valence-corrected chi connectivity index (χ0v) is 14.5. The van der Waals surface area contributed by atoms with Crippen molar-refractivity contribution < 1.29 is 9.53 Å². The minimum atomic E-state index is 0.0845. The van der Waals surface area contributed by atoms with E-state index in [-0.39, 0.29) is 17.9 Å². The van der Waals surface area contributed by atoms with Crippen LogP contribution in [0.4, 0.5) is 5.82 Å². The number of hydrogen-bond acceptors (Lipinski definition) is 6. The first-order valence-electron chi connectivity index (χ1n) is 8.62. The minimum Gasteiger partial charge on any atom is -0.481 e. The third-order valence-corrected chi connectivity index (χ3v) is 4.90. The summed E-state index contributed by atoms with van der Waals surface area (Å²) in [5.74, 6) is 2.76. The van der Waals surface area contributed by atoms with Gasteiger partial charge in [-0.25, -0.2) is 15.0 Å². The van der Waals surface area contributed by atoms with Crippen molar-refractivity contribution in [2.45, 2.75) is 38.9 Å².